The molecule has 1 heterocycles. The molecule has 1 fully saturated rings. The summed E-state index contributed by atoms with van der Waals surface area (Å²) in [6.45, 7) is 4.31. The summed E-state index contributed by atoms with van der Waals surface area (Å²) in [6.07, 6.45) is 2.98. The van der Waals surface area contributed by atoms with Crippen LogP contribution in [-0.4, -0.2) is 37.7 Å². The summed E-state index contributed by atoms with van der Waals surface area (Å²) in [5.74, 6) is 0. The third kappa shape index (κ3) is 3.51. The molecule has 0 saturated carbocycles. The van der Waals surface area contributed by atoms with Crippen LogP contribution in [0.1, 0.15) is 36.4 Å². The zero-order chi connectivity index (χ0) is 14.4. The fourth-order valence-corrected chi connectivity index (χ4v) is 2.81. The lowest BCUT2D eigenvalue weighted by Crippen LogP contribution is -2.40. The lowest BCUT2D eigenvalue weighted by molar-refractivity contribution is 0.182. The molecule has 1 aliphatic rings. The van der Waals surface area contributed by atoms with Gasteiger partial charge in [0.1, 0.15) is 0 Å². The second-order valence-corrected chi connectivity index (χ2v) is 5.29. The van der Waals surface area contributed by atoms with Crippen LogP contribution in [0.25, 0.3) is 0 Å². The second kappa shape index (κ2) is 7.29. The smallest absolute Gasteiger partial charge is 0.317 e. The second-order valence-electron chi connectivity index (χ2n) is 5.29. The molecule has 2 amide bonds. The van der Waals surface area contributed by atoms with Gasteiger partial charge in [-0.05, 0) is 37.3 Å². The number of carbonyl (C=O) groups excluding carboxylic acids is 1. The number of ether oxygens (including phenoxy) is 1. The van der Waals surface area contributed by atoms with Crippen LogP contribution < -0.4 is 5.32 Å². The maximum absolute atomic E-state index is 12.3. The van der Waals surface area contributed by atoms with Crippen LogP contribution in [0.3, 0.4) is 0 Å². The van der Waals surface area contributed by atoms with E-state index in [0.717, 1.165) is 25.8 Å². The van der Waals surface area contributed by atoms with Crippen molar-refractivity contribution in [2.24, 2.45) is 0 Å². The number of nitrogens with one attached hydrogen (secondary N) is 1. The Morgan fingerprint density at radius 2 is 2.25 bits per heavy atom. The summed E-state index contributed by atoms with van der Waals surface area (Å²) in [6, 6.07) is 8.61. The number of carbonyl (C=O) groups is 1. The Morgan fingerprint density at radius 1 is 1.45 bits per heavy atom. The number of hydrogen-bond donors (Lipinski definition) is 1. The minimum atomic E-state index is 0.0480. The van der Waals surface area contributed by atoms with Crippen LogP contribution in [0.2, 0.25) is 0 Å². The van der Waals surface area contributed by atoms with Crippen molar-refractivity contribution in [3.05, 3.63) is 35.4 Å². The summed E-state index contributed by atoms with van der Waals surface area (Å²) >= 11 is 0. The highest BCUT2D eigenvalue weighted by Crippen LogP contribution is 2.33. The third-order valence-corrected chi connectivity index (χ3v) is 3.86. The number of amides is 2. The van der Waals surface area contributed by atoms with E-state index in [-0.39, 0.29) is 12.1 Å². The van der Waals surface area contributed by atoms with Gasteiger partial charge in [0.2, 0.25) is 0 Å². The number of urea groups is 1. The van der Waals surface area contributed by atoms with E-state index in [1.165, 1.54) is 11.1 Å². The van der Waals surface area contributed by atoms with E-state index in [0.29, 0.717) is 13.2 Å². The number of nitrogens with zero attached hydrogens (tertiary/aromatic N) is 1. The van der Waals surface area contributed by atoms with Gasteiger partial charge >= 0.3 is 6.03 Å². The van der Waals surface area contributed by atoms with Gasteiger partial charge < -0.3 is 15.0 Å². The van der Waals surface area contributed by atoms with Crippen molar-refractivity contribution in [3.63, 3.8) is 0 Å². The van der Waals surface area contributed by atoms with Gasteiger partial charge in [0, 0.05) is 26.8 Å². The molecule has 0 spiro atoms. The Labute approximate surface area is 121 Å². The first-order valence-corrected chi connectivity index (χ1v) is 7.33. The van der Waals surface area contributed by atoms with Crippen molar-refractivity contribution in [3.8, 4) is 0 Å². The largest absolute Gasteiger partial charge is 0.385 e. The Hall–Kier alpha value is -1.55. The van der Waals surface area contributed by atoms with Gasteiger partial charge in [0.05, 0.1) is 6.04 Å². The van der Waals surface area contributed by atoms with Crippen LogP contribution >= 0.6 is 0 Å². The Bertz CT molecular complexity index is 448. The molecule has 1 atom stereocenters. The highest BCUT2D eigenvalue weighted by molar-refractivity contribution is 5.75. The fourth-order valence-electron chi connectivity index (χ4n) is 2.81. The molecule has 2 rings (SSSR count). The third-order valence-electron chi connectivity index (χ3n) is 3.86. The summed E-state index contributed by atoms with van der Waals surface area (Å²) in [5.41, 5.74) is 2.54. The molecule has 110 valence electrons. The standard InChI is InChI=1S/C16H24N2O2/c1-13-7-3-4-8-14(13)15-9-5-11-18(15)16(19)17-10-6-12-20-2/h3-4,7-8,15H,5-6,9-12H2,1-2H3,(H,17,19)/t15-/m0/s1. The maximum atomic E-state index is 12.3. The van der Waals surface area contributed by atoms with Crippen LogP contribution in [-0.2, 0) is 4.74 Å². The maximum Gasteiger partial charge on any atom is 0.317 e. The number of hydrogen-bond acceptors (Lipinski definition) is 2. The average Bonchev–Trinajstić information content (AvgIpc) is 2.93. The van der Waals surface area contributed by atoms with Gasteiger partial charge in [-0.3, -0.25) is 0 Å². The van der Waals surface area contributed by atoms with E-state index in [4.69, 9.17) is 4.74 Å². The number of methoxy groups -OCH3 is 1. The van der Waals surface area contributed by atoms with Crippen LogP contribution in [0.5, 0.6) is 0 Å². The number of rotatable bonds is 5. The predicted octanol–water partition coefficient (Wildman–Crippen LogP) is 2.88. The van der Waals surface area contributed by atoms with Crippen molar-refractivity contribution in [2.45, 2.75) is 32.2 Å². The van der Waals surface area contributed by atoms with Crippen LogP contribution in [0.15, 0.2) is 24.3 Å². The van der Waals surface area contributed by atoms with E-state index in [2.05, 4.69) is 30.4 Å². The summed E-state index contributed by atoms with van der Waals surface area (Å²) in [4.78, 5) is 14.2. The molecular formula is C16H24N2O2. The molecule has 0 aliphatic carbocycles. The molecule has 1 aromatic carbocycles. The molecule has 1 N–H and O–H groups in total. The van der Waals surface area contributed by atoms with E-state index < -0.39 is 0 Å². The van der Waals surface area contributed by atoms with Gasteiger partial charge in [-0.25, -0.2) is 4.79 Å². The molecular weight excluding hydrogens is 252 g/mol. The van der Waals surface area contributed by atoms with Crippen LogP contribution in [0, 0.1) is 6.92 Å². The van der Waals surface area contributed by atoms with Crippen molar-refractivity contribution >= 4 is 6.03 Å². The van der Waals surface area contributed by atoms with Crippen LogP contribution in [0.4, 0.5) is 4.79 Å². The highest BCUT2D eigenvalue weighted by Gasteiger charge is 2.30. The Balaban J connectivity index is 1.97. The van der Waals surface area contributed by atoms with Crippen molar-refractivity contribution in [1.29, 1.82) is 0 Å². The van der Waals surface area contributed by atoms with Gasteiger partial charge in [0.25, 0.3) is 0 Å². The van der Waals surface area contributed by atoms with E-state index in [1.807, 2.05) is 11.0 Å². The minimum absolute atomic E-state index is 0.0480. The zero-order valence-electron chi connectivity index (χ0n) is 12.4. The summed E-state index contributed by atoms with van der Waals surface area (Å²) < 4.78 is 4.99. The quantitative estimate of drug-likeness (QED) is 0.840. The first kappa shape index (κ1) is 14.9. The molecule has 0 radical (unpaired) electrons. The molecule has 0 aromatic heterocycles. The lowest BCUT2D eigenvalue weighted by atomic mass is 9.99. The van der Waals surface area contributed by atoms with Gasteiger partial charge in [-0.1, -0.05) is 24.3 Å². The average molecular weight is 276 g/mol. The van der Waals surface area contributed by atoms with Gasteiger partial charge in [-0.2, -0.15) is 0 Å². The van der Waals surface area contributed by atoms with Crippen molar-refractivity contribution < 1.29 is 9.53 Å². The first-order chi connectivity index (χ1) is 9.74. The fraction of sp³-hybridized carbons (Fsp3) is 0.562. The molecule has 0 bridgehead atoms. The SMILES string of the molecule is COCCCNC(=O)N1CCC[C@H]1c1ccccc1C. The predicted molar refractivity (Wildman–Crippen MR) is 79.8 cm³/mol. The van der Waals surface area contributed by atoms with E-state index >= 15 is 0 Å². The topological polar surface area (TPSA) is 41.6 Å². The minimum Gasteiger partial charge on any atom is -0.385 e. The number of likely N-dealkylation sites (tertiary alicyclic amines) is 1. The normalized spacial score (nSPS) is 18.3. The number of aryl methyl sites for hydroxylation is 1. The monoisotopic (exact) mass is 276 g/mol. The van der Waals surface area contributed by atoms with Crippen molar-refractivity contribution in [2.75, 3.05) is 26.8 Å². The Morgan fingerprint density at radius 3 is 3.00 bits per heavy atom. The highest BCUT2D eigenvalue weighted by atomic mass is 16.5. The first-order valence-electron chi connectivity index (χ1n) is 7.33. The van der Waals surface area contributed by atoms with E-state index in [9.17, 15) is 4.79 Å². The Kier molecular flexibility index (Phi) is 5.41. The zero-order valence-corrected chi connectivity index (χ0v) is 12.4. The molecule has 1 aromatic rings. The number of benzene rings is 1. The molecule has 4 nitrogen and oxygen atoms in total. The van der Waals surface area contributed by atoms with E-state index in [1.54, 1.807) is 7.11 Å². The molecule has 4 heteroatoms. The summed E-state index contributed by atoms with van der Waals surface area (Å²) in [7, 11) is 1.68. The summed E-state index contributed by atoms with van der Waals surface area (Å²) in [5, 5.41) is 2.99. The van der Waals surface area contributed by atoms with Crippen molar-refractivity contribution in [1.82, 2.24) is 10.2 Å². The van der Waals surface area contributed by atoms with Gasteiger partial charge in [-0.15, -0.1) is 0 Å². The molecule has 20 heavy (non-hydrogen) atoms. The molecule has 1 saturated heterocycles. The molecule has 1 aliphatic heterocycles. The van der Waals surface area contributed by atoms with Gasteiger partial charge in [0.15, 0.2) is 0 Å². The molecule has 0 unspecified atom stereocenters. The lowest BCUT2D eigenvalue weighted by Gasteiger charge is -2.26.